The van der Waals surface area contributed by atoms with E-state index >= 15 is 0 Å². The van der Waals surface area contributed by atoms with Gasteiger partial charge < -0.3 is 9.80 Å². The van der Waals surface area contributed by atoms with E-state index in [0.717, 1.165) is 11.3 Å². The molecular weight excluding hydrogens is 502 g/mol. The number of hydrogen-bond donors (Lipinski definition) is 0. The van der Waals surface area contributed by atoms with Crippen LogP contribution >= 0.6 is 0 Å². The minimum atomic E-state index is -3.58. The summed E-state index contributed by atoms with van der Waals surface area (Å²) in [5.41, 5.74) is 1.65. The second-order valence-corrected chi connectivity index (χ2v) is 10.6. The number of amides is 1. The van der Waals surface area contributed by atoms with Crippen molar-refractivity contribution in [3.63, 3.8) is 0 Å². The number of benzene rings is 1. The summed E-state index contributed by atoms with van der Waals surface area (Å²) in [6.45, 7) is 1.54. The molecule has 0 aliphatic carbocycles. The predicted octanol–water partition coefficient (Wildman–Crippen LogP) is 2.99. The summed E-state index contributed by atoms with van der Waals surface area (Å²) in [5, 5.41) is 0. The van der Waals surface area contributed by atoms with Gasteiger partial charge in [0, 0.05) is 63.3 Å². The third-order valence-corrected chi connectivity index (χ3v) is 8.25. The van der Waals surface area contributed by atoms with Crippen LogP contribution in [0.15, 0.2) is 96.5 Å². The molecule has 3 aromatic heterocycles. The molecule has 4 aromatic rings. The standard InChI is InChI=1S/C27H27N7O3S/c35-27(32-16-18-33(19-17-32)38(36,37)23-7-2-1-3-8-23)12-15-34(25-11-14-29-21-30-25)26-10-4-9-24(31-26)22-6-5-13-28-20-22/h1-11,13-14,20-21H,12,15-19H2. The van der Waals surface area contributed by atoms with Gasteiger partial charge in [-0.25, -0.2) is 23.4 Å². The maximum atomic E-state index is 13.1. The van der Waals surface area contributed by atoms with Gasteiger partial charge in [0.15, 0.2) is 0 Å². The number of aromatic nitrogens is 4. The summed E-state index contributed by atoms with van der Waals surface area (Å²) >= 11 is 0. The van der Waals surface area contributed by atoms with Crippen LogP contribution in [0.25, 0.3) is 11.3 Å². The highest BCUT2D eigenvalue weighted by atomic mass is 32.2. The Bertz CT molecular complexity index is 1460. The molecule has 1 saturated heterocycles. The molecule has 11 heteroatoms. The van der Waals surface area contributed by atoms with Crippen molar-refractivity contribution in [2.75, 3.05) is 37.6 Å². The average Bonchev–Trinajstić information content (AvgIpc) is 2.99. The summed E-state index contributed by atoms with van der Waals surface area (Å²) in [7, 11) is -3.58. The smallest absolute Gasteiger partial charge is 0.243 e. The topological polar surface area (TPSA) is 112 Å². The minimum Gasteiger partial charge on any atom is -0.340 e. The lowest BCUT2D eigenvalue weighted by atomic mass is 10.2. The van der Waals surface area contributed by atoms with Crippen molar-refractivity contribution >= 4 is 27.6 Å². The van der Waals surface area contributed by atoms with E-state index in [4.69, 9.17) is 4.98 Å². The van der Waals surface area contributed by atoms with Gasteiger partial charge in [-0.3, -0.25) is 9.78 Å². The highest BCUT2D eigenvalue weighted by Crippen LogP contribution is 2.25. The average molecular weight is 530 g/mol. The van der Waals surface area contributed by atoms with E-state index in [1.165, 1.54) is 10.6 Å². The second kappa shape index (κ2) is 11.4. The van der Waals surface area contributed by atoms with E-state index < -0.39 is 10.0 Å². The Hall–Kier alpha value is -4.22. The Kier molecular flexibility index (Phi) is 7.66. The summed E-state index contributed by atoms with van der Waals surface area (Å²) < 4.78 is 27.3. The number of piperazine rings is 1. The van der Waals surface area contributed by atoms with Gasteiger partial charge >= 0.3 is 0 Å². The van der Waals surface area contributed by atoms with Gasteiger partial charge in [-0.2, -0.15) is 4.31 Å². The molecule has 1 aliphatic rings. The Balaban J connectivity index is 1.27. The van der Waals surface area contributed by atoms with Crippen LogP contribution in [0.1, 0.15) is 6.42 Å². The van der Waals surface area contributed by atoms with Gasteiger partial charge in [0.25, 0.3) is 0 Å². The van der Waals surface area contributed by atoms with Crippen molar-refractivity contribution in [3.05, 3.63) is 91.6 Å². The molecule has 1 aliphatic heterocycles. The molecule has 0 unspecified atom stereocenters. The van der Waals surface area contributed by atoms with Crippen LogP contribution < -0.4 is 4.90 Å². The zero-order valence-electron chi connectivity index (χ0n) is 20.7. The highest BCUT2D eigenvalue weighted by Gasteiger charge is 2.30. The number of sulfonamides is 1. The molecule has 0 spiro atoms. The normalized spacial score (nSPS) is 14.3. The Morgan fingerprint density at radius 3 is 2.37 bits per heavy atom. The molecule has 5 rings (SSSR count). The zero-order valence-corrected chi connectivity index (χ0v) is 21.5. The van der Waals surface area contributed by atoms with Crippen molar-refractivity contribution in [2.24, 2.45) is 0 Å². The summed E-state index contributed by atoms with van der Waals surface area (Å²) in [6.07, 6.45) is 6.79. The Morgan fingerprint density at radius 2 is 1.66 bits per heavy atom. The Morgan fingerprint density at radius 1 is 0.842 bits per heavy atom. The number of anilines is 2. The first-order chi connectivity index (χ1) is 18.5. The molecule has 0 bridgehead atoms. The predicted molar refractivity (Wildman–Crippen MR) is 143 cm³/mol. The molecule has 38 heavy (non-hydrogen) atoms. The van der Waals surface area contributed by atoms with Crippen molar-refractivity contribution in [1.29, 1.82) is 0 Å². The number of carbonyl (C=O) groups is 1. The van der Waals surface area contributed by atoms with E-state index in [1.807, 2.05) is 35.2 Å². The van der Waals surface area contributed by atoms with Crippen molar-refractivity contribution < 1.29 is 13.2 Å². The van der Waals surface area contributed by atoms with Crippen LogP contribution in [0.4, 0.5) is 11.6 Å². The zero-order chi connectivity index (χ0) is 26.4. The number of pyridine rings is 2. The molecule has 0 saturated carbocycles. The molecule has 4 heterocycles. The molecular formula is C27H27N7O3S. The fourth-order valence-corrected chi connectivity index (χ4v) is 5.77. The largest absolute Gasteiger partial charge is 0.340 e. The molecule has 10 nitrogen and oxygen atoms in total. The fourth-order valence-electron chi connectivity index (χ4n) is 4.32. The summed E-state index contributed by atoms with van der Waals surface area (Å²) in [6, 6.07) is 19.6. The fraction of sp³-hybridized carbons (Fsp3) is 0.222. The van der Waals surface area contributed by atoms with Crippen LogP contribution in [0.2, 0.25) is 0 Å². The van der Waals surface area contributed by atoms with Gasteiger partial charge in [-0.15, -0.1) is 0 Å². The van der Waals surface area contributed by atoms with E-state index in [1.54, 1.807) is 59.9 Å². The lowest BCUT2D eigenvalue weighted by Crippen LogP contribution is -2.50. The van der Waals surface area contributed by atoms with Gasteiger partial charge in [0.05, 0.1) is 10.6 Å². The van der Waals surface area contributed by atoms with E-state index in [0.29, 0.717) is 31.3 Å². The highest BCUT2D eigenvalue weighted by molar-refractivity contribution is 7.89. The lowest BCUT2D eigenvalue weighted by molar-refractivity contribution is -0.132. The molecule has 0 N–H and O–H groups in total. The molecule has 1 aromatic carbocycles. The van der Waals surface area contributed by atoms with Crippen molar-refractivity contribution in [3.8, 4) is 11.3 Å². The molecule has 0 atom stereocenters. The van der Waals surface area contributed by atoms with Crippen LogP contribution in [0, 0.1) is 0 Å². The van der Waals surface area contributed by atoms with Gasteiger partial charge in [0.1, 0.15) is 18.0 Å². The number of hydrogen-bond acceptors (Lipinski definition) is 8. The van der Waals surface area contributed by atoms with Gasteiger partial charge in [0.2, 0.25) is 15.9 Å². The first kappa shape index (κ1) is 25.4. The first-order valence-corrected chi connectivity index (χ1v) is 13.7. The van der Waals surface area contributed by atoms with Crippen molar-refractivity contribution in [1.82, 2.24) is 29.1 Å². The maximum absolute atomic E-state index is 13.1. The summed E-state index contributed by atoms with van der Waals surface area (Å²) in [5.74, 6) is 1.23. The summed E-state index contributed by atoms with van der Waals surface area (Å²) in [4.78, 5) is 34.4. The number of nitrogens with zero attached hydrogens (tertiary/aromatic N) is 7. The lowest BCUT2D eigenvalue weighted by Gasteiger charge is -2.34. The monoisotopic (exact) mass is 529 g/mol. The molecule has 194 valence electrons. The van der Waals surface area contributed by atoms with E-state index in [-0.39, 0.29) is 30.3 Å². The SMILES string of the molecule is O=C(CCN(c1ccncn1)c1cccc(-c2cccnc2)n1)N1CCN(S(=O)(=O)c2ccccc2)CC1. The molecule has 0 radical (unpaired) electrons. The number of carbonyl (C=O) groups excluding carboxylic acids is 1. The first-order valence-electron chi connectivity index (χ1n) is 12.3. The van der Waals surface area contributed by atoms with Crippen LogP contribution in [0.3, 0.4) is 0 Å². The van der Waals surface area contributed by atoms with Crippen LogP contribution in [-0.2, 0) is 14.8 Å². The van der Waals surface area contributed by atoms with E-state index in [2.05, 4.69) is 15.0 Å². The van der Waals surface area contributed by atoms with Crippen molar-refractivity contribution in [2.45, 2.75) is 11.3 Å². The van der Waals surface area contributed by atoms with Gasteiger partial charge in [-0.1, -0.05) is 24.3 Å². The van der Waals surface area contributed by atoms with E-state index in [9.17, 15) is 13.2 Å². The van der Waals surface area contributed by atoms with Crippen LogP contribution in [0.5, 0.6) is 0 Å². The number of rotatable bonds is 8. The third-order valence-electron chi connectivity index (χ3n) is 6.33. The molecule has 1 amide bonds. The third kappa shape index (κ3) is 5.68. The van der Waals surface area contributed by atoms with Gasteiger partial charge in [-0.05, 0) is 42.5 Å². The molecule has 1 fully saturated rings. The maximum Gasteiger partial charge on any atom is 0.243 e. The Labute approximate surface area is 221 Å². The minimum absolute atomic E-state index is 0.0516. The van der Waals surface area contributed by atoms with Crippen LogP contribution in [-0.4, -0.2) is 76.2 Å². The second-order valence-electron chi connectivity index (χ2n) is 8.69. The quantitative estimate of drug-likeness (QED) is 0.342.